The lowest BCUT2D eigenvalue weighted by Crippen LogP contribution is -2.21. The number of hydrogen-bond donors (Lipinski definition) is 1. The summed E-state index contributed by atoms with van der Waals surface area (Å²) in [4.78, 5) is 0. The molecule has 116 valence electrons. The van der Waals surface area contributed by atoms with Crippen molar-refractivity contribution in [3.8, 4) is 11.6 Å². The van der Waals surface area contributed by atoms with Gasteiger partial charge in [-0.25, -0.2) is 4.68 Å². The van der Waals surface area contributed by atoms with Crippen LogP contribution in [0.2, 0.25) is 0 Å². The molecule has 1 unspecified atom stereocenters. The molecule has 6 nitrogen and oxygen atoms in total. The molecule has 6 heteroatoms. The first kappa shape index (κ1) is 15.6. The van der Waals surface area contributed by atoms with Crippen LogP contribution in [-0.2, 0) is 20.0 Å². The van der Waals surface area contributed by atoms with Gasteiger partial charge in [0.2, 0.25) is 5.88 Å². The van der Waals surface area contributed by atoms with E-state index in [1.54, 1.807) is 10.9 Å². The summed E-state index contributed by atoms with van der Waals surface area (Å²) in [7, 11) is 1.89. The minimum absolute atomic E-state index is 0.123. The number of ether oxygens (including phenoxy) is 1. The summed E-state index contributed by atoms with van der Waals surface area (Å²) in [6, 6.07) is 0.123. The van der Waals surface area contributed by atoms with Gasteiger partial charge in [-0.3, -0.25) is 4.68 Å². The zero-order chi connectivity index (χ0) is 15.4. The monoisotopic (exact) mass is 291 g/mol. The van der Waals surface area contributed by atoms with Crippen LogP contribution < -0.4 is 10.5 Å². The Hall–Kier alpha value is -1.82. The Morgan fingerprint density at radius 3 is 2.81 bits per heavy atom. The summed E-state index contributed by atoms with van der Waals surface area (Å²) in [5, 5.41) is 8.73. The normalized spacial score (nSPS) is 12.6. The van der Waals surface area contributed by atoms with E-state index in [-0.39, 0.29) is 6.04 Å². The molecule has 0 saturated heterocycles. The molecule has 0 spiro atoms. The summed E-state index contributed by atoms with van der Waals surface area (Å²) < 4.78 is 9.65. The van der Waals surface area contributed by atoms with Crippen LogP contribution in [0, 0.1) is 6.92 Å². The van der Waals surface area contributed by atoms with Crippen molar-refractivity contribution in [1.29, 1.82) is 0 Å². The second-order valence-electron chi connectivity index (χ2n) is 5.41. The predicted molar refractivity (Wildman–Crippen MR) is 82.5 cm³/mol. The van der Waals surface area contributed by atoms with E-state index in [2.05, 4.69) is 24.0 Å². The summed E-state index contributed by atoms with van der Waals surface area (Å²) in [5.74, 6) is 1.49. The molecule has 21 heavy (non-hydrogen) atoms. The highest BCUT2D eigenvalue weighted by Crippen LogP contribution is 2.28. The van der Waals surface area contributed by atoms with E-state index in [0.717, 1.165) is 48.7 Å². The van der Waals surface area contributed by atoms with Crippen molar-refractivity contribution in [2.24, 2.45) is 12.8 Å². The molecule has 0 fully saturated rings. The van der Waals surface area contributed by atoms with Crippen molar-refractivity contribution < 1.29 is 4.74 Å². The molecule has 0 aliphatic rings. The lowest BCUT2D eigenvalue weighted by Gasteiger charge is -2.10. The number of aryl methyl sites for hydroxylation is 3. The van der Waals surface area contributed by atoms with Crippen LogP contribution in [0.4, 0.5) is 0 Å². The van der Waals surface area contributed by atoms with E-state index < -0.39 is 0 Å². The van der Waals surface area contributed by atoms with Crippen LogP contribution in [0.25, 0.3) is 0 Å². The van der Waals surface area contributed by atoms with E-state index in [1.807, 2.05) is 24.9 Å². The minimum atomic E-state index is 0.123. The van der Waals surface area contributed by atoms with Gasteiger partial charge >= 0.3 is 0 Å². The van der Waals surface area contributed by atoms with Crippen molar-refractivity contribution in [3.63, 3.8) is 0 Å². The van der Waals surface area contributed by atoms with Crippen LogP contribution in [0.5, 0.6) is 11.6 Å². The molecule has 2 N–H and O–H groups in total. The van der Waals surface area contributed by atoms with Crippen LogP contribution >= 0.6 is 0 Å². The third-order valence-electron chi connectivity index (χ3n) is 3.56. The number of nitrogens with zero attached hydrogens (tertiary/aromatic N) is 4. The predicted octanol–water partition coefficient (Wildman–Crippen LogP) is 2.41. The Morgan fingerprint density at radius 1 is 1.38 bits per heavy atom. The molecular formula is C15H25N5O. The van der Waals surface area contributed by atoms with Crippen LogP contribution in [0.3, 0.4) is 0 Å². The SMILES string of the molecule is CCCn1cc(Oc2c(CC(N)CC)c(C)nn2C)cn1. The highest BCUT2D eigenvalue weighted by Gasteiger charge is 2.18. The Bertz CT molecular complexity index is 587. The van der Waals surface area contributed by atoms with Crippen LogP contribution in [0.1, 0.15) is 37.9 Å². The van der Waals surface area contributed by atoms with Gasteiger partial charge in [0.15, 0.2) is 5.75 Å². The van der Waals surface area contributed by atoms with E-state index in [1.165, 1.54) is 0 Å². The molecular weight excluding hydrogens is 266 g/mol. The minimum Gasteiger partial charge on any atom is -0.436 e. The van der Waals surface area contributed by atoms with Gasteiger partial charge in [-0.2, -0.15) is 10.2 Å². The van der Waals surface area contributed by atoms with Gasteiger partial charge in [0, 0.05) is 25.2 Å². The second-order valence-corrected chi connectivity index (χ2v) is 5.41. The van der Waals surface area contributed by atoms with Gasteiger partial charge in [-0.05, 0) is 26.2 Å². The maximum Gasteiger partial charge on any atom is 0.221 e. The van der Waals surface area contributed by atoms with Gasteiger partial charge < -0.3 is 10.5 Å². The van der Waals surface area contributed by atoms with Gasteiger partial charge in [0.1, 0.15) is 0 Å². The van der Waals surface area contributed by atoms with Crippen molar-refractivity contribution in [2.45, 2.75) is 52.6 Å². The van der Waals surface area contributed by atoms with E-state index in [0.29, 0.717) is 0 Å². The topological polar surface area (TPSA) is 70.9 Å². The van der Waals surface area contributed by atoms with Crippen LogP contribution in [0.15, 0.2) is 12.4 Å². The summed E-state index contributed by atoms with van der Waals surface area (Å²) in [5.41, 5.74) is 8.13. The van der Waals surface area contributed by atoms with Gasteiger partial charge in [0.05, 0.1) is 18.1 Å². The average Bonchev–Trinajstić information content (AvgIpc) is 2.99. The highest BCUT2D eigenvalue weighted by molar-refractivity contribution is 5.35. The summed E-state index contributed by atoms with van der Waals surface area (Å²) in [6.45, 7) is 7.09. The zero-order valence-electron chi connectivity index (χ0n) is 13.3. The van der Waals surface area contributed by atoms with E-state index in [9.17, 15) is 0 Å². The molecule has 0 aliphatic carbocycles. The van der Waals surface area contributed by atoms with Gasteiger partial charge in [-0.1, -0.05) is 13.8 Å². The Labute approximate surface area is 125 Å². The third kappa shape index (κ3) is 3.64. The first-order valence-corrected chi connectivity index (χ1v) is 7.53. The number of nitrogens with two attached hydrogens (primary N) is 1. The molecule has 2 aromatic heterocycles. The third-order valence-corrected chi connectivity index (χ3v) is 3.56. The molecule has 2 heterocycles. The van der Waals surface area contributed by atoms with Crippen molar-refractivity contribution in [1.82, 2.24) is 19.6 Å². The maximum atomic E-state index is 6.08. The lowest BCUT2D eigenvalue weighted by atomic mass is 10.1. The quantitative estimate of drug-likeness (QED) is 0.850. The molecule has 0 radical (unpaired) electrons. The molecule has 1 atom stereocenters. The number of hydrogen-bond acceptors (Lipinski definition) is 4. The van der Waals surface area contributed by atoms with E-state index >= 15 is 0 Å². The smallest absolute Gasteiger partial charge is 0.221 e. The number of rotatable bonds is 7. The maximum absolute atomic E-state index is 6.08. The Balaban J connectivity index is 2.21. The first-order chi connectivity index (χ1) is 10.0. The molecule has 0 aromatic carbocycles. The zero-order valence-corrected chi connectivity index (χ0v) is 13.3. The fourth-order valence-corrected chi connectivity index (χ4v) is 2.31. The average molecular weight is 291 g/mol. The standard InChI is InChI=1S/C15H25N5O/c1-5-7-20-10-13(9-17-20)21-15-14(8-12(16)6-2)11(3)18-19(15)4/h9-10,12H,5-8,16H2,1-4H3. The van der Waals surface area contributed by atoms with Crippen LogP contribution in [-0.4, -0.2) is 25.6 Å². The molecule has 2 rings (SSSR count). The van der Waals surface area contributed by atoms with Gasteiger partial charge in [0.25, 0.3) is 0 Å². The molecule has 0 bridgehead atoms. The Kier molecular flexibility index (Phi) is 5.01. The summed E-state index contributed by atoms with van der Waals surface area (Å²) in [6.07, 6.45) is 6.40. The second kappa shape index (κ2) is 6.76. The first-order valence-electron chi connectivity index (χ1n) is 7.53. The molecule has 0 aliphatic heterocycles. The lowest BCUT2D eigenvalue weighted by molar-refractivity contribution is 0.422. The fourth-order valence-electron chi connectivity index (χ4n) is 2.31. The fraction of sp³-hybridized carbons (Fsp3) is 0.600. The molecule has 0 saturated carbocycles. The molecule has 2 aromatic rings. The highest BCUT2D eigenvalue weighted by atomic mass is 16.5. The molecule has 0 amide bonds. The van der Waals surface area contributed by atoms with Crippen molar-refractivity contribution in [2.75, 3.05) is 0 Å². The van der Waals surface area contributed by atoms with Crippen molar-refractivity contribution >= 4 is 0 Å². The Morgan fingerprint density at radius 2 is 2.14 bits per heavy atom. The van der Waals surface area contributed by atoms with E-state index in [4.69, 9.17) is 10.5 Å². The number of aromatic nitrogens is 4. The van der Waals surface area contributed by atoms with Gasteiger partial charge in [-0.15, -0.1) is 0 Å². The largest absolute Gasteiger partial charge is 0.436 e. The summed E-state index contributed by atoms with van der Waals surface area (Å²) >= 11 is 0. The van der Waals surface area contributed by atoms with Crippen molar-refractivity contribution in [3.05, 3.63) is 23.7 Å².